The van der Waals surface area contributed by atoms with Crippen LogP contribution in [-0.2, 0) is 12.7 Å². The van der Waals surface area contributed by atoms with Crippen molar-refractivity contribution in [3.8, 4) is 0 Å². The van der Waals surface area contributed by atoms with Crippen LogP contribution in [0.4, 0.5) is 18.9 Å². The molecule has 0 bridgehead atoms. The van der Waals surface area contributed by atoms with Crippen molar-refractivity contribution in [3.63, 3.8) is 0 Å². The number of hydrogen-bond acceptors (Lipinski definition) is 2. The van der Waals surface area contributed by atoms with Gasteiger partial charge < -0.3 is 10.2 Å². The van der Waals surface area contributed by atoms with Gasteiger partial charge in [-0.3, -0.25) is 0 Å². The zero-order valence-corrected chi connectivity index (χ0v) is 11.1. The molecule has 1 aliphatic rings. The highest BCUT2D eigenvalue weighted by Gasteiger charge is 2.35. The summed E-state index contributed by atoms with van der Waals surface area (Å²) in [5.41, 5.74) is 0.477. The van der Waals surface area contributed by atoms with E-state index in [1.165, 1.54) is 6.07 Å². The molecule has 0 radical (unpaired) electrons. The second-order valence-electron chi connectivity index (χ2n) is 4.93. The van der Waals surface area contributed by atoms with Crippen LogP contribution in [0.25, 0.3) is 0 Å². The summed E-state index contributed by atoms with van der Waals surface area (Å²) in [7, 11) is 1.73. The van der Waals surface area contributed by atoms with Gasteiger partial charge in [0.1, 0.15) is 0 Å². The maximum absolute atomic E-state index is 13.2. The Morgan fingerprint density at radius 3 is 2.42 bits per heavy atom. The lowest BCUT2D eigenvalue weighted by Crippen LogP contribution is -2.31. The summed E-state index contributed by atoms with van der Waals surface area (Å²) in [5.74, 6) is 0. The number of benzene rings is 1. The fourth-order valence-electron chi connectivity index (χ4n) is 2.53. The summed E-state index contributed by atoms with van der Waals surface area (Å²) in [4.78, 5) is 1.86. The van der Waals surface area contributed by atoms with E-state index in [-0.39, 0.29) is 0 Å². The van der Waals surface area contributed by atoms with Crippen LogP contribution in [-0.4, -0.2) is 20.1 Å². The summed E-state index contributed by atoms with van der Waals surface area (Å²) in [6.45, 7) is 1.88. The highest BCUT2D eigenvalue weighted by molar-refractivity contribution is 5.56. The quantitative estimate of drug-likeness (QED) is 0.907. The first-order chi connectivity index (χ1) is 9.02. The van der Waals surface area contributed by atoms with E-state index in [1.807, 2.05) is 4.90 Å². The first kappa shape index (κ1) is 14.2. The summed E-state index contributed by atoms with van der Waals surface area (Å²) in [6, 6.07) is 4.65. The molecule has 0 aliphatic carbocycles. The van der Waals surface area contributed by atoms with Crippen molar-refractivity contribution in [2.75, 3.05) is 25.0 Å². The third-order valence-electron chi connectivity index (χ3n) is 3.44. The number of halogens is 3. The second-order valence-corrected chi connectivity index (χ2v) is 4.93. The molecule has 0 saturated carbocycles. The second kappa shape index (κ2) is 5.82. The molecule has 2 rings (SSSR count). The Balaban J connectivity index is 2.35. The molecule has 0 amide bonds. The molecule has 19 heavy (non-hydrogen) atoms. The number of rotatable bonds is 3. The van der Waals surface area contributed by atoms with E-state index >= 15 is 0 Å². The van der Waals surface area contributed by atoms with Crippen LogP contribution in [0.2, 0.25) is 0 Å². The minimum atomic E-state index is -4.30. The summed E-state index contributed by atoms with van der Waals surface area (Å²) >= 11 is 0. The van der Waals surface area contributed by atoms with Gasteiger partial charge in [0, 0.05) is 25.3 Å². The molecule has 0 spiro atoms. The van der Waals surface area contributed by atoms with Gasteiger partial charge in [-0.05, 0) is 44.0 Å². The third kappa shape index (κ3) is 3.41. The molecule has 1 aromatic rings. The standard InChI is InChI=1S/C14H19F3N2/c1-18-10-11-5-6-13(12(9-11)14(15,16)17)19-7-3-2-4-8-19/h5-6,9,18H,2-4,7-8,10H2,1H3. The van der Waals surface area contributed by atoms with Crippen LogP contribution in [0, 0.1) is 0 Å². The van der Waals surface area contributed by atoms with Crippen molar-refractivity contribution < 1.29 is 13.2 Å². The topological polar surface area (TPSA) is 15.3 Å². The fourth-order valence-corrected chi connectivity index (χ4v) is 2.53. The van der Waals surface area contributed by atoms with Gasteiger partial charge >= 0.3 is 6.18 Å². The van der Waals surface area contributed by atoms with Crippen LogP contribution >= 0.6 is 0 Å². The van der Waals surface area contributed by atoms with Crippen molar-refractivity contribution in [1.82, 2.24) is 5.32 Å². The Morgan fingerprint density at radius 1 is 1.16 bits per heavy atom. The molecule has 0 atom stereocenters. The third-order valence-corrected chi connectivity index (χ3v) is 3.44. The van der Waals surface area contributed by atoms with Crippen molar-refractivity contribution in [2.45, 2.75) is 32.0 Å². The molecule has 106 valence electrons. The number of nitrogens with zero attached hydrogens (tertiary/aromatic N) is 1. The van der Waals surface area contributed by atoms with Gasteiger partial charge in [-0.25, -0.2) is 0 Å². The maximum atomic E-state index is 13.2. The molecule has 0 aromatic heterocycles. The predicted octanol–water partition coefficient (Wildman–Crippen LogP) is 3.42. The number of nitrogens with one attached hydrogen (secondary N) is 1. The number of piperidine rings is 1. The Morgan fingerprint density at radius 2 is 1.84 bits per heavy atom. The van der Waals surface area contributed by atoms with Crippen LogP contribution in [0.3, 0.4) is 0 Å². The Hall–Kier alpha value is -1.23. The lowest BCUT2D eigenvalue weighted by atomic mass is 10.0. The van der Waals surface area contributed by atoms with Gasteiger partial charge in [-0.2, -0.15) is 13.2 Å². The first-order valence-electron chi connectivity index (χ1n) is 6.62. The molecule has 1 heterocycles. The van der Waals surface area contributed by atoms with Crippen molar-refractivity contribution in [1.29, 1.82) is 0 Å². The molecule has 2 nitrogen and oxygen atoms in total. The van der Waals surface area contributed by atoms with Crippen molar-refractivity contribution in [3.05, 3.63) is 29.3 Å². The lowest BCUT2D eigenvalue weighted by Gasteiger charge is -2.31. The fraction of sp³-hybridized carbons (Fsp3) is 0.571. The van der Waals surface area contributed by atoms with E-state index in [0.717, 1.165) is 19.3 Å². The Labute approximate surface area is 111 Å². The van der Waals surface area contributed by atoms with Gasteiger partial charge in [0.05, 0.1) is 5.56 Å². The van der Waals surface area contributed by atoms with Crippen LogP contribution in [0.1, 0.15) is 30.4 Å². The number of alkyl halides is 3. The van der Waals surface area contributed by atoms with Crippen LogP contribution < -0.4 is 10.2 Å². The summed E-state index contributed by atoms with van der Waals surface area (Å²) in [5, 5.41) is 2.88. The monoisotopic (exact) mass is 272 g/mol. The number of anilines is 1. The maximum Gasteiger partial charge on any atom is 0.418 e. The molecule has 1 N–H and O–H groups in total. The van der Waals surface area contributed by atoms with E-state index in [0.29, 0.717) is 30.9 Å². The summed E-state index contributed by atoms with van der Waals surface area (Å²) < 4.78 is 39.5. The van der Waals surface area contributed by atoms with E-state index < -0.39 is 11.7 Å². The van der Waals surface area contributed by atoms with Crippen molar-refractivity contribution >= 4 is 5.69 Å². The Kier molecular flexibility index (Phi) is 4.34. The van der Waals surface area contributed by atoms with E-state index in [4.69, 9.17) is 0 Å². The van der Waals surface area contributed by atoms with E-state index in [1.54, 1.807) is 19.2 Å². The molecular formula is C14H19F3N2. The SMILES string of the molecule is CNCc1ccc(N2CCCCC2)c(C(F)(F)F)c1. The van der Waals surface area contributed by atoms with Gasteiger partial charge in [0.15, 0.2) is 0 Å². The zero-order valence-electron chi connectivity index (χ0n) is 11.1. The van der Waals surface area contributed by atoms with E-state index in [9.17, 15) is 13.2 Å². The van der Waals surface area contributed by atoms with Gasteiger partial charge in [-0.15, -0.1) is 0 Å². The highest BCUT2D eigenvalue weighted by atomic mass is 19.4. The lowest BCUT2D eigenvalue weighted by molar-refractivity contribution is -0.137. The van der Waals surface area contributed by atoms with Crippen molar-refractivity contribution in [2.24, 2.45) is 0 Å². The number of hydrogen-bond donors (Lipinski definition) is 1. The molecule has 5 heteroatoms. The van der Waals surface area contributed by atoms with Crippen LogP contribution in [0.5, 0.6) is 0 Å². The summed E-state index contributed by atoms with van der Waals surface area (Å²) in [6.07, 6.45) is -1.25. The highest BCUT2D eigenvalue weighted by Crippen LogP contribution is 2.38. The molecule has 1 fully saturated rings. The van der Waals surface area contributed by atoms with Gasteiger partial charge in [-0.1, -0.05) is 6.07 Å². The molecule has 1 aromatic carbocycles. The minimum Gasteiger partial charge on any atom is -0.371 e. The van der Waals surface area contributed by atoms with Gasteiger partial charge in [0.2, 0.25) is 0 Å². The molecule has 1 saturated heterocycles. The smallest absolute Gasteiger partial charge is 0.371 e. The van der Waals surface area contributed by atoms with Gasteiger partial charge in [0.25, 0.3) is 0 Å². The largest absolute Gasteiger partial charge is 0.418 e. The first-order valence-corrected chi connectivity index (χ1v) is 6.62. The molecule has 0 unspecified atom stereocenters. The Bertz CT molecular complexity index is 423. The average Bonchev–Trinajstić information content (AvgIpc) is 2.39. The van der Waals surface area contributed by atoms with Crippen LogP contribution in [0.15, 0.2) is 18.2 Å². The molecule has 1 aliphatic heterocycles. The molecular weight excluding hydrogens is 253 g/mol. The zero-order chi connectivity index (χ0) is 13.9. The van der Waals surface area contributed by atoms with E-state index in [2.05, 4.69) is 5.32 Å². The average molecular weight is 272 g/mol. The normalized spacial score (nSPS) is 16.7. The minimum absolute atomic E-state index is 0.326. The predicted molar refractivity (Wildman–Crippen MR) is 70.3 cm³/mol.